The third kappa shape index (κ3) is 2.33. The Morgan fingerprint density at radius 1 is 1.28 bits per heavy atom. The van der Waals surface area contributed by atoms with Gasteiger partial charge >= 0.3 is 0 Å². The van der Waals surface area contributed by atoms with E-state index in [4.69, 9.17) is 0 Å². The highest BCUT2D eigenvalue weighted by Gasteiger charge is 2.35. The monoisotopic (exact) mass is 244 g/mol. The van der Waals surface area contributed by atoms with Crippen LogP contribution in [0, 0.1) is 6.92 Å². The summed E-state index contributed by atoms with van der Waals surface area (Å²) in [5, 5.41) is 0. The van der Waals surface area contributed by atoms with Gasteiger partial charge in [0.15, 0.2) is 5.78 Å². The Bertz CT molecular complexity index is 450. The maximum absolute atomic E-state index is 12.4. The minimum absolute atomic E-state index is 0.132. The molecule has 1 unspecified atom stereocenters. The van der Waals surface area contributed by atoms with Crippen LogP contribution in [0.3, 0.4) is 0 Å². The molecule has 3 heteroatoms. The fourth-order valence-electron chi connectivity index (χ4n) is 3.06. The molecule has 2 bridgehead atoms. The zero-order chi connectivity index (χ0) is 12.5. The minimum atomic E-state index is 0.132. The lowest BCUT2D eigenvalue weighted by atomic mass is 9.97. The average Bonchev–Trinajstić information content (AvgIpc) is 2.40. The van der Waals surface area contributed by atoms with E-state index >= 15 is 0 Å². The highest BCUT2D eigenvalue weighted by molar-refractivity contribution is 5.86. The molecule has 0 amide bonds. The van der Waals surface area contributed by atoms with E-state index in [0.29, 0.717) is 12.2 Å². The number of aryl methyl sites for hydroxylation is 1. The average molecular weight is 244 g/mol. The summed E-state index contributed by atoms with van der Waals surface area (Å²) in [5.41, 5.74) is 2.38. The third-order valence-electron chi connectivity index (χ3n) is 4.11. The summed E-state index contributed by atoms with van der Waals surface area (Å²) in [4.78, 5) is 17.2. The number of rotatable bonds is 3. The van der Waals surface area contributed by atoms with Crippen LogP contribution in [0.15, 0.2) is 24.3 Å². The number of hydrogen-bond acceptors (Lipinski definition) is 3. The van der Waals surface area contributed by atoms with Crippen molar-refractivity contribution in [1.29, 1.82) is 0 Å². The van der Waals surface area contributed by atoms with E-state index in [0.717, 1.165) is 38.3 Å². The number of fused-ring (bicyclic) bond motifs is 3. The van der Waals surface area contributed by atoms with Crippen molar-refractivity contribution in [3.05, 3.63) is 35.4 Å². The maximum atomic E-state index is 12.4. The highest BCUT2D eigenvalue weighted by atomic mass is 16.1. The van der Waals surface area contributed by atoms with Crippen LogP contribution in [0.5, 0.6) is 0 Å². The zero-order valence-corrected chi connectivity index (χ0v) is 10.9. The molecule has 0 radical (unpaired) electrons. The summed E-state index contributed by atoms with van der Waals surface area (Å²) in [5.74, 6) is 0.380. The number of carbonyl (C=O) groups excluding carboxylic acids is 1. The van der Waals surface area contributed by atoms with E-state index in [-0.39, 0.29) is 6.04 Å². The van der Waals surface area contributed by atoms with Gasteiger partial charge in [0, 0.05) is 39.1 Å². The molecule has 3 saturated heterocycles. The second-order valence-corrected chi connectivity index (χ2v) is 5.48. The van der Waals surface area contributed by atoms with Gasteiger partial charge in [0.25, 0.3) is 0 Å². The van der Waals surface area contributed by atoms with Gasteiger partial charge in [-0.05, 0) is 12.5 Å². The zero-order valence-electron chi connectivity index (χ0n) is 10.9. The van der Waals surface area contributed by atoms with Gasteiger partial charge in [-0.3, -0.25) is 14.6 Å². The van der Waals surface area contributed by atoms with Crippen molar-refractivity contribution in [3.63, 3.8) is 0 Å². The standard InChI is InChI=1S/C15H20N2O/c1-12-3-2-4-13(9-12)10-15(18)14-11-16-5-7-17(14)8-6-16/h2-4,9,14H,5-8,10-11H2,1H3. The molecule has 1 aromatic carbocycles. The van der Waals surface area contributed by atoms with Crippen LogP contribution in [0.4, 0.5) is 0 Å². The van der Waals surface area contributed by atoms with Crippen LogP contribution in [0.2, 0.25) is 0 Å². The van der Waals surface area contributed by atoms with E-state index < -0.39 is 0 Å². The number of ketones is 1. The van der Waals surface area contributed by atoms with Gasteiger partial charge in [0.05, 0.1) is 6.04 Å². The molecule has 3 heterocycles. The van der Waals surface area contributed by atoms with Gasteiger partial charge in [-0.2, -0.15) is 0 Å². The molecule has 3 nitrogen and oxygen atoms in total. The van der Waals surface area contributed by atoms with Crippen molar-refractivity contribution < 1.29 is 4.79 Å². The lowest BCUT2D eigenvalue weighted by Gasteiger charge is -2.46. The van der Waals surface area contributed by atoms with Gasteiger partial charge < -0.3 is 0 Å². The normalized spacial score (nSPS) is 30.4. The number of hydrogen-bond donors (Lipinski definition) is 0. The Hall–Kier alpha value is -1.19. The molecule has 0 aliphatic carbocycles. The van der Waals surface area contributed by atoms with Crippen LogP contribution < -0.4 is 0 Å². The van der Waals surface area contributed by atoms with Crippen LogP contribution in [0.25, 0.3) is 0 Å². The van der Waals surface area contributed by atoms with Crippen LogP contribution in [-0.4, -0.2) is 54.3 Å². The van der Waals surface area contributed by atoms with Crippen LogP contribution in [0.1, 0.15) is 11.1 Å². The van der Waals surface area contributed by atoms with Gasteiger partial charge in [-0.15, -0.1) is 0 Å². The molecule has 0 aromatic heterocycles. The summed E-state index contributed by atoms with van der Waals surface area (Å²) in [6.45, 7) is 7.40. The van der Waals surface area contributed by atoms with Crippen molar-refractivity contribution >= 4 is 5.78 Å². The van der Waals surface area contributed by atoms with E-state index in [1.165, 1.54) is 5.56 Å². The minimum Gasteiger partial charge on any atom is -0.299 e. The maximum Gasteiger partial charge on any atom is 0.155 e. The van der Waals surface area contributed by atoms with Crippen LogP contribution >= 0.6 is 0 Å². The largest absolute Gasteiger partial charge is 0.299 e. The second kappa shape index (κ2) is 4.82. The number of benzene rings is 1. The quantitative estimate of drug-likeness (QED) is 0.795. The molecule has 1 atom stereocenters. The molecule has 0 N–H and O–H groups in total. The van der Waals surface area contributed by atoms with Crippen molar-refractivity contribution in [1.82, 2.24) is 9.80 Å². The molecule has 96 valence electrons. The Morgan fingerprint density at radius 3 is 2.67 bits per heavy atom. The number of piperazine rings is 3. The molecule has 1 aromatic rings. The summed E-state index contributed by atoms with van der Waals surface area (Å²) in [6, 6.07) is 8.42. The first-order chi connectivity index (χ1) is 8.72. The van der Waals surface area contributed by atoms with Crippen molar-refractivity contribution in [2.24, 2.45) is 0 Å². The van der Waals surface area contributed by atoms with E-state index in [1.54, 1.807) is 0 Å². The van der Waals surface area contributed by atoms with Crippen molar-refractivity contribution in [2.45, 2.75) is 19.4 Å². The van der Waals surface area contributed by atoms with Gasteiger partial charge in [-0.25, -0.2) is 0 Å². The second-order valence-electron chi connectivity index (χ2n) is 5.48. The van der Waals surface area contributed by atoms with E-state index in [9.17, 15) is 4.79 Å². The molecule has 3 aliphatic heterocycles. The van der Waals surface area contributed by atoms with Crippen molar-refractivity contribution in [2.75, 3.05) is 32.7 Å². The van der Waals surface area contributed by atoms with Gasteiger partial charge in [0.1, 0.15) is 0 Å². The number of carbonyl (C=O) groups is 1. The molecular weight excluding hydrogens is 224 g/mol. The predicted octanol–water partition coefficient (Wildman–Crippen LogP) is 1.11. The van der Waals surface area contributed by atoms with E-state index in [2.05, 4.69) is 34.9 Å². The number of Topliss-reactive ketones (excluding diaryl/α,β-unsaturated/α-hetero) is 1. The fraction of sp³-hybridized carbons (Fsp3) is 0.533. The topological polar surface area (TPSA) is 23.6 Å². The first-order valence-corrected chi connectivity index (χ1v) is 6.77. The first kappa shape index (κ1) is 11.9. The number of nitrogens with zero attached hydrogens (tertiary/aromatic N) is 2. The Kier molecular flexibility index (Phi) is 3.18. The fourth-order valence-corrected chi connectivity index (χ4v) is 3.06. The van der Waals surface area contributed by atoms with Gasteiger partial charge in [0.2, 0.25) is 0 Å². The van der Waals surface area contributed by atoms with Crippen LogP contribution in [-0.2, 0) is 11.2 Å². The Labute approximate surface area is 108 Å². The Morgan fingerprint density at radius 2 is 2.06 bits per heavy atom. The third-order valence-corrected chi connectivity index (χ3v) is 4.11. The Balaban J connectivity index is 1.68. The predicted molar refractivity (Wildman–Crippen MR) is 71.7 cm³/mol. The molecule has 0 saturated carbocycles. The molecule has 4 rings (SSSR count). The lowest BCUT2D eigenvalue weighted by Crippen LogP contribution is -2.63. The molecular formula is C15H20N2O. The smallest absolute Gasteiger partial charge is 0.155 e. The van der Waals surface area contributed by atoms with Gasteiger partial charge in [-0.1, -0.05) is 29.8 Å². The summed E-state index contributed by atoms with van der Waals surface area (Å²) < 4.78 is 0. The molecule has 3 aliphatic rings. The summed E-state index contributed by atoms with van der Waals surface area (Å²) in [6.07, 6.45) is 0.580. The SMILES string of the molecule is Cc1cccc(CC(=O)C2CN3CCN2CC3)c1. The molecule has 3 fully saturated rings. The first-order valence-electron chi connectivity index (χ1n) is 6.77. The highest BCUT2D eigenvalue weighted by Crippen LogP contribution is 2.18. The summed E-state index contributed by atoms with van der Waals surface area (Å²) in [7, 11) is 0. The molecule has 18 heavy (non-hydrogen) atoms. The summed E-state index contributed by atoms with van der Waals surface area (Å²) >= 11 is 0. The molecule has 0 spiro atoms. The van der Waals surface area contributed by atoms with Crippen molar-refractivity contribution in [3.8, 4) is 0 Å². The van der Waals surface area contributed by atoms with E-state index in [1.807, 2.05) is 6.07 Å². The lowest BCUT2D eigenvalue weighted by molar-refractivity contribution is -0.128.